The lowest BCUT2D eigenvalue weighted by Gasteiger charge is -2.37. The van der Waals surface area contributed by atoms with E-state index in [1.165, 1.54) is 0 Å². The molecule has 0 aromatic carbocycles. The Hall–Kier alpha value is 0.354. The molecule has 1 saturated heterocycles. The van der Waals surface area contributed by atoms with Gasteiger partial charge in [0.2, 0.25) is 8.32 Å². The van der Waals surface area contributed by atoms with Gasteiger partial charge in [0.25, 0.3) is 0 Å². The van der Waals surface area contributed by atoms with Gasteiger partial charge in [0, 0.05) is 0 Å². The summed E-state index contributed by atoms with van der Waals surface area (Å²) in [5, 5.41) is 0. The Kier molecular flexibility index (Phi) is 10.2. The van der Waals surface area contributed by atoms with Gasteiger partial charge in [-0.25, -0.2) is 0 Å². The summed E-state index contributed by atoms with van der Waals surface area (Å²) in [6.45, 7) is 31.4. The summed E-state index contributed by atoms with van der Waals surface area (Å²) in [6, 6.07) is 0. The Labute approximate surface area is 207 Å². The normalized spacial score (nSPS) is 26.4. The van der Waals surface area contributed by atoms with E-state index in [1.54, 1.807) is 0 Å². The minimum Gasteiger partial charge on any atom is -0.518 e. The quantitative estimate of drug-likeness (QED) is 0.308. The van der Waals surface area contributed by atoms with Crippen molar-refractivity contribution in [3.63, 3.8) is 0 Å². The fourth-order valence-corrected chi connectivity index (χ4v) is 8.15. The van der Waals surface area contributed by atoms with E-state index in [9.17, 15) is 4.79 Å². The molecular weight excluding hydrogens is 505 g/mol. The molecule has 1 heterocycles. The molecule has 0 spiro atoms. The van der Waals surface area contributed by atoms with E-state index in [0.29, 0.717) is 0 Å². The number of hydrogen-bond acceptors (Lipinski definition) is 7. The zero-order valence-corrected chi connectivity index (χ0v) is 28.7. The molecule has 0 aromatic rings. The maximum Gasteiger partial charge on any atom is 0.323 e. The molecule has 0 saturated carbocycles. The molecule has 0 amide bonds. The third-order valence-corrected chi connectivity index (χ3v) is 8.75. The van der Waals surface area contributed by atoms with Gasteiger partial charge in [0.1, 0.15) is 18.3 Å². The van der Waals surface area contributed by atoms with Crippen LogP contribution in [0.3, 0.4) is 0 Å². The second-order valence-electron chi connectivity index (χ2n) is 13.8. The van der Waals surface area contributed by atoms with Crippen LogP contribution in [-0.4, -0.2) is 78.3 Å². The van der Waals surface area contributed by atoms with E-state index in [2.05, 4.69) is 78.6 Å². The third-order valence-electron chi connectivity index (χ3n) is 4.07. The van der Waals surface area contributed by atoms with E-state index < -0.39 is 72.3 Å². The Morgan fingerprint density at radius 2 is 1.03 bits per heavy atom. The van der Waals surface area contributed by atoms with Gasteiger partial charge in [0.15, 0.2) is 45.7 Å². The Bertz CT molecular complexity index is 656. The minimum atomic E-state index is -2.14. The van der Waals surface area contributed by atoms with Crippen LogP contribution in [0.5, 0.6) is 0 Å². The van der Waals surface area contributed by atoms with Crippen molar-refractivity contribution >= 4 is 47.6 Å². The summed E-state index contributed by atoms with van der Waals surface area (Å²) in [4.78, 5) is 13.4. The summed E-state index contributed by atoms with van der Waals surface area (Å²) in [5.74, 6) is -0.369. The van der Waals surface area contributed by atoms with Gasteiger partial charge < -0.3 is 26.9 Å². The first kappa shape index (κ1) is 31.4. The maximum atomic E-state index is 13.4. The average Bonchev–Trinajstić information content (AvgIpc) is 2.75. The Morgan fingerprint density at radius 3 is 1.39 bits per heavy atom. The summed E-state index contributed by atoms with van der Waals surface area (Å²) in [6.07, 6.45) is -3.04. The van der Waals surface area contributed by atoms with Crippen LogP contribution in [0, 0.1) is 0 Å². The molecule has 1 rings (SSSR count). The van der Waals surface area contributed by atoms with Gasteiger partial charge in [-0.3, -0.25) is 4.79 Å². The number of carbonyl (C=O) groups is 1. The van der Waals surface area contributed by atoms with Gasteiger partial charge in [-0.1, -0.05) is 0 Å². The van der Waals surface area contributed by atoms with Gasteiger partial charge in [0.05, 0.1) is 0 Å². The van der Waals surface area contributed by atoms with Crippen LogP contribution in [0.4, 0.5) is 0 Å². The van der Waals surface area contributed by atoms with Crippen LogP contribution < -0.4 is 0 Å². The number of carbonyl (C=O) groups excluding carboxylic acids is 1. The highest BCUT2D eigenvalue weighted by Crippen LogP contribution is 2.36. The first-order chi connectivity index (χ1) is 14.4. The van der Waals surface area contributed by atoms with Crippen molar-refractivity contribution in [3.05, 3.63) is 0 Å². The number of rotatable bonds is 11. The van der Waals surface area contributed by atoms with Crippen molar-refractivity contribution in [1.29, 1.82) is 0 Å². The molecule has 0 aliphatic carbocycles. The first-order valence-electron chi connectivity index (χ1n) is 12.0. The van der Waals surface area contributed by atoms with Gasteiger partial charge in [-0.2, -0.15) is 0 Å². The SMILES string of the molecule is C[Si](C)(C)OC(=O)[C@H](O[Si](C)(C)C)[C@H]1O[C@H](O[Si](C)(C)C)[C@H](O[Si](C)(C)C)[C@H]1O[Si](C)(C)C. The monoisotopic (exact) mass is 554 g/mol. The van der Waals surface area contributed by atoms with Gasteiger partial charge in [-0.05, 0) is 98.2 Å². The molecule has 1 aliphatic rings. The third kappa shape index (κ3) is 12.2. The van der Waals surface area contributed by atoms with E-state index >= 15 is 0 Å². The molecule has 0 N–H and O–H groups in total. The molecule has 0 radical (unpaired) electrons. The number of hydrogen-bond donors (Lipinski definition) is 0. The lowest BCUT2D eigenvalue weighted by Crippen LogP contribution is -2.55. The zero-order chi connectivity index (χ0) is 26.2. The molecule has 1 aliphatic heterocycles. The molecule has 7 nitrogen and oxygen atoms in total. The van der Waals surface area contributed by atoms with E-state index in [-0.39, 0.29) is 5.97 Å². The van der Waals surface area contributed by atoms with Crippen molar-refractivity contribution in [2.75, 3.05) is 0 Å². The highest BCUT2D eigenvalue weighted by Gasteiger charge is 2.56. The van der Waals surface area contributed by atoms with E-state index in [0.717, 1.165) is 0 Å². The molecule has 196 valence electrons. The summed E-state index contributed by atoms with van der Waals surface area (Å²) < 4.78 is 38.6. The maximum absolute atomic E-state index is 13.4. The fourth-order valence-electron chi connectivity index (χ4n) is 3.40. The fraction of sp³-hybridized carbons (Fsp3) is 0.952. The predicted molar refractivity (Wildman–Crippen MR) is 147 cm³/mol. The van der Waals surface area contributed by atoms with Crippen LogP contribution in [0.2, 0.25) is 98.2 Å². The van der Waals surface area contributed by atoms with Crippen LogP contribution in [0.1, 0.15) is 0 Å². The second kappa shape index (κ2) is 10.8. The topological polar surface area (TPSA) is 72.5 Å². The van der Waals surface area contributed by atoms with E-state index in [1.807, 2.05) is 19.6 Å². The lowest BCUT2D eigenvalue weighted by molar-refractivity contribution is -0.162. The first-order valence-corrected chi connectivity index (χ1v) is 29.0. The zero-order valence-electron chi connectivity index (χ0n) is 23.7. The molecule has 0 unspecified atom stereocenters. The standard InChI is InChI=1S/C21H50O7Si5/c1-29(2,3)24-17-16(18(25-30(4,5)6)20(22)27-32(10,11)12)23-21(28-33(13,14)15)19(17)26-31(7,8)9/h16-19,21H,1-15H3/t16-,17-,18+,19+,21+/m0/s1. The Balaban J connectivity index is 3.53. The van der Waals surface area contributed by atoms with Crippen LogP contribution >= 0.6 is 0 Å². The van der Waals surface area contributed by atoms with Crippen molar-refractivity contribution in [3.8, 4) is 0 Å². The molecule has 5 atom stereocenters. The second-order valence-corrected chi connectivity index (χ2v) is 36.0. The van der Waals surface area contributed by atoms with E-state index in [4.69, 9.17) is 26.9 Å². The van der Waals surface area contributed by atoms with Crippen molar-refractivity contribution in [2.24, 2.45) is 0 Å². The van der Waals surface area contributed by atoms with Crippen molar-refractivity contribution in [1.82, 2.24) is 0 Å². The Morgan fingerprint density at radius 1 is 0.606 bits per heavy atom. The van der Waals surface area contributed by atoms with Crippen molar-refractivity contribution < 1.29 is 31.7 Å². The summed E-state index contributed by atoms with van der Waals surface area (Å²) in [7, 11) is -10.3. The van der Waals surface area contributed by atoms with Gasteiger partial charge >= 0.3 is 5.97 Å². The molecule has 0 bridgehead atoms. The highest BCUT2D eigenvalue weighted by molar-refractivity contribution is 6.72. The molecule has 12 heteroatoms. The largest absolute Gasteiger partial charge is 0.518 e. The van der Waals surface area contributed by atoms with Crippen molar-refractivity contribution in [2.45, 2.75) is 129 Å². The molecule has 1 fully saturated rings. The molecule has 0 aromatic heterocycles. The van der Waals surface area contributed by atoms with Crippen LogP contribution in [0.15, 0.2) is 0 Å². The highest BCUT2D eigenvalue weighted by atomic mass is 28.4. The molecule has 33 heavy (non-hydrogen) atoms. The van der Waals surface area contributed by atoms with Crippen LogP contribution in [0.25, 0.3) is 0 Å². The lowest BCUT2D eigenvalue weighted by atomic mass is 10.1. The molecular formula is C21H50O7Si5. The predicted octanol–water partition coefficient (Wildman–Crippen LogP) is 5.60. The number of ether oxygens (including phenoxy) is 1. The summed E-state index contributed by atoms with van der Waals surface area (Å²) >= 11 is 0. The van der Waals surface area contributed by atoms with Gasteiger partial charge in [-0.15, -0.1) is 0 Å². The summed E-state index contributed by atoms with van der Waals surface area (Å²) in [5.41, 5.74) is 0. The average molecular weight is 555 g/mol. The smallest absolute Gasteiger partial charge is 0.323 e. The minimum absolute atomic E-state index is 0.369. The van der Waals surface area contributed by atoms with Crippen LogP contribution in [-0.2, 0) is 31.7 Å².